The number of rotatable bonds is 8. The molecule has 2 aliphatic rings. The Bertz CT molecular complexity index is 870. The normalized spacial score (nSPS) is 28.1. The van der Waals surface area contributed by atoms with Crippen molar-refractivity contribution in [2.24, 2.45) is 5.92 Å². The zero-order chi connectivity index (χ0) is 23.3. The summed E-state index contributed by atoms with van der Waals surface area (Å²) >= 11 is 0. The second-order valence-corrected chi connectivity index (χ2v) is 12.7. The minimum absolute atomic E-state index is 0.0503. The molecule has 2 fully saturated rings. The first kappa shape index (κ1) is 24.7. The van der Waals surface area contributed by atoms with E-state index in [1.54, 1.807) is 0 Å². The quantitative estimate of drug-likeness (QED) is 0.342. The third-order valence-electron chi connectivity index (χ3n) is 8.93. The van der Waals surface area contributed by atoms with E-state index < -0.39 is 0 Å². The van der Waals surface area contributed by atoms with E-state index in [0.29, 0.717) is 5.92 Å². The molecule has 0 spiro atoms. The fourth-order valence-corrected chi connectivity index (χ4v) is 7.99. The van der Waals surface area contributed by atoms with E-state index in [2.05, 4.69) is 51.1 Å². The van der Waals surface area contributed by atoms with Crippen LogP contribution in [-0.4, -0.2) is 9.52 Å². The third kappa shape index (κ3) is 5.64. The maximum Gasteiger partial charge on any atom is 0.131 e. The molecule has 2 aliphatic carbocycles. The first-order valence-electron chi connectivity index (χ1n) is 13.7. The molecular formula is C31H43FSi. The summed E-state index contributed by atoms with van der Waals surface area (Å²) in [5.41, 5.74) is 5.52. The average molecular weight is 463 g/mol. The summed E-state index contributed by atoms with van der Waals surface area (Å²) in [6.45, 7) is 6.90. The van der Waals surface area contributed by atoms with Gasteiger partial charge in [0, 0.05) is 15.1 Å². The van der Waals surface area contributed by atoms with Crippen LogP contribution >= 0.6 is 0 Å². The standard InChI is InChI=1S/C31H43FSi/c1-4-7-23-8-10-24(11-9-23)25-12-14-26(15-13-25)29-17-16-27(22-30(29)32)31(5-2)20-18-28(19-21-31)33-6-3/h12-17,22-24,28H,4-11,18-21H2,1-3H3. The highest BCUT2D eigenvalue weighted by atomic mass is 28.2. The van der Waals surface area contributed by atoms with Gasteiger partial charge in [0.25, 0.3) is 0 Å². The molecule has 2 radical (unpaired) electrons. The molecule has 2 aromatic carbocycles. The molecule has 0 heterocycles. The maximum atomic E-state index is 15.4. The molecule has 4 rings (SSSR count). The zero-order valence-electron chi connectivity index (χ0n) is 21.1. The monoisotopic (exact) mass is 462 g/mol. The largest absolute Gasteiger partial charge is 0.206 e. The van der Waals surface area contributed by atoms with Crippen molar-refractivity contribution in [2.45, 2.75) is 114 Å². The van der Waals surface area contributed by atoms with Crippen molar-refractivity contribution in [3.8, 4) is 11.1 Å². The van der Waals surface area contributed by atoms with E-state index in [-0.39, 0.29) is 11.2 Å². The van der Waals surface area contributed by atoms with E-state index in [1.807, 2.05) is 12.1 Å². The van der Waals surface area contributed by atoms with Crippen molar-refractivity contribution in [3.63, 3.8) is 0 Å². The molecule has 0 nitrogen and oxygen atoms in total. The Hall–Kier alpha value is -1.41. The first-order chi connectivity index (χ1) is 16.1. The molecular weight excluding hydrogens is 419 g/mol. The average Bonchev–Trinajstić information content (AvgIpc) is 2.86. The molecule has 0 bridgehead atoms. The van der Waals surface area contributed by atoms with Crippen molar-refractivity contribution >= 4 is 9.52 Å². The smallest absolute Gasteiger partial charge is 0.131 e. The van der Waals surface area contributed by atoms with Crippen molar-refractivity contribution in [1.82, 2.24) is 0 Å². The van der Waals surface area contributed by atoms with Crippen LogP contribution in [0.4, 0.5) is 4.39 Å². The topological polar surface area (TPSA) is 0 Å². The number of benzene rings is 2. The van der Waals surface area contributed by atoms with Crippen LogP contribution in [0, 0.1) is 11.7 Å². The van der Waals surface area contributed by atoms with Gasteiger partial charge in [-0.3, -0.25) is 0 Å². The highest BCUT2D eigenvalue weighted by molar-refractivity contribution is 6.37. The summed E-state index contributed by atoms with van der Waals surface area (Å²) in [4.78, 5) is 0. The molecule has 0 amide bonds. The van der Waals surface area contributed by atoms with Gasteiger partial charge < -0.3 is 0 Å². The zero-order valence-corrected chi connectivity index (χ0v) is 22.1. The van der Waals surface area contributed by atoms with Crippen LogP contribution in [0.5, 0.6) is 0 Å². The fraction of sp³-hybridized carbons (Fsp3) is 0.613. The van der Waals surface area contributed by atoms with Crippen LogP contribution in [0.15, 0.2) is 42.5 Å². The van der Waals surface area contributed by atoms with E-state index in [9.17, 15) is 0 Å². The Morgan fingerprint density at radius 3 is 2.15 bits per heavy atom. The minimum atomic E-state index is -0.0503. The van der Waals surface area contributed by atoms with Crippen molar-refractivity contribution < 1.29 is 4.39 Å². The Morgan fingerprint density at radius 2 is 1.58 bits per heavy atom. The predicted molar refractivity (Wildman–Crippen MR) is 142 cm³/mol. The predicted octanol–water partition coefficient (Wildman–Crippen LogP) is 9.72. The van der Waals surface area contributed by atoms with Crippen molar-refractivity contribution in [1.29, 1.82) is 0 Å². The summed E-state index contributed by atoms with van der Waals surface area (Å²) in [5, 5.41) is 0. The van der Waals surface area contributed by atoms with Gasteiger partial charge in [-0.15, -0.1) is 0 Å². The van der Waals surface area contributed by atoms with Crippen LogP contribution in [0.1, 0.15) is 108 Å². The van der Waals surface area contributed by atoms with Crippen molar-refractivity contribution in [2.75, 3.05) is 0 Å². The second kappa shape index (κ2) is 11.3. The van der Waals surface area contributed by atoms with Gasteiger partial charge in [-0.1, -0.05) is 88.9 Å². The Morgan fingerprint density at radius 1 is 0.879 bits per heavy atom. The first-order valence-corrected chi connectivity index (χ1v) is 15.0. The summed E-state index contributed by atoms with van der Waals surface area (Å²) in [7, 11) is 1.10. The second-order valence-electron chi connectivity index (χ2n) is 10.8. The van der Waals surface area contributed by atoms with Gasteiger partial charge in [-0.25, -0.2) is 4.39 Å². The van der Waals surface area contributed by atoms with Crippen LogP contribution in [0.3, 0.4) is 0 Å². The van der Waals surface area contributed by atoms with Gasteiger partial charge in [0.05, 0.1) is 0 Å². The van der Waals surface area contributed by atoms with Gasteiger partial charge >= 0.3 is 0 Å². The molecule has 2 heteroatoms. The van der Waals surface area contributed by atoms with Gasteiger partial charge in [-0.2, -0.15) is 0 Å². The van der Waals surface area contributed by atoms with Gasteiger partial charge in [0.1, 0.15) is 5.82 Å². The lowest BCUT2D eigenvalue weighted by Gasteiger charge is -2.40. The van der Waals surface area contributed by atoms with E-state index in [0.717, 1.165) is 38.5 Å². The third-order valence-corrected chi connectivity index (χ3v) is 10.5. The Labute approximate surface area is 204 Å². The van der Waals surface area contributed by atoms with E-state index in [1.165, 1.54) is 81.4 Å². The van der Waals surface area contributed by atoms with Gasteiger partial charge in [0.2, 0.25) is 0 Å². The molecule has 0 unspecified atom stereocenters. The fourth-order valence-electron chi connectivity index (χ4n) is 6.72. The molecule has 178 valence electrons. The minimum Gasteiger partial charge on any atom is -0.206 e. The maximum absolute atomic E-state index is 15.4. The highest BCUT2D eigenvalue weighted by Crippen LogP contribution is 2.46. The van der Waals surface area contributed by atoms with Crippen LogP contribution in [-0.2, 0) is 5.41 Å². The van der Waals surface area contributed by atoms with Crippen LogP contribution in [0.25, 0.3) is 11.1 Å². The number of hydrogen-bond donors (Lipinski definition) is 0. The molecule has 0 aliphatic heterocycles. The summed E-state index contributed by atoms with van der Waals surface area (Å²) in [6, 6.07) is 16.3. The number of halogens is 1. The molecule has 0 atom stereocenters. The Kier molecular flexibility index (Phi) is 8.49. The molecule has 0 N–H and O–H groups in total. The molecule has 0 saturated heterocycles. The van der Waals surface area contributed by atoms with Crippen molar-refractivity contribution in [3.05, 3.63) is 59.4 Å². The lowest BCUT2D eigenvalue weighted by Crippen LogP contribution is -2.31. The Balaban J connectivity index is 1.45. The summed E-state index contributed by atoms with van der Waals surface area (Å²) in [5.74, 6) is 1.57. The lowest BCUT2D eigenvalue weighted by molar-refractivity contribution is 0.282. The molecule has 2 saturated carbocycles. The summed E-state index contributed by atoms with van der Waals surface area (Å²) < 4.78 is 15.4. The molecule has 33 heavy (non-hydrogen) atoms. The van der Waals surface area contributed by atoms with Crippen LogP contribution in [0.2, 0.25) is 11.6 Å². The van der Waals surface area contributed by atoms with Gasteiger partial charge in [-0.05, 0) is 90.5 Å². The summed E-state index contributed by atoms with van der Waals surface area (Å²) in [6.07, 6.45) is 14.2. The molecule has 0 aromatic heterocycles. The highest BCUT2D eigenvalue weighted by Gasteiger charge is 2.35. The van der Waals surface area contributed by atoms with E-state index >= 15 is 4.39 Å². The van der Waals surface area contributed by atoms with E-state index in [4.69, 9.17) is 0 Å². The molecule has 2 aromatic rings. The lowest BCUT2D eigenvalue weighted by atomic mass is 9.67. The SMILES string of the molecule is CCCC1CCC(c2ccc(-c3ccc(C4(CC)CCC([Si]CC)CC4)cc3F)cc2)CC1. The van der Waals surface area contributed by atoms with Crippen LogP contribution < -0.4 is 0 Å². The number of hydrogen-bond acceptors (Lipinski definition) is 0. The van der Waals surface area contributed by atoms with Gasteiger partial charge in [0.15, 0.2) is 0 Å².